The normalized spacial score (nSPS) is 18.1. The lowest BCUT2D eigenvalue weighted by molar-refractivity contribution is 0.592. The van der Waals surface area contributed by atoms with Gasteiger partial charge < -0.3 is 5.32 Å². The van der Waals surface area contributed by atoms with Crippen LogP contribution in [0.3, 0.4) is 0 Å². The topological polar surface area (TPSA) is 12.0 Å². The Bertz CT molecular complexity index is 516. The molecule has 23 heavy (non-hydrogen) atoms. The second-order valence-electron chi connectivity index (χ2n) is 6.89. The number of rotatable bonds is 9. The zero-order valence-electron chi connectivity index (χ0n) is 15.8. The molecule has 1 nitrogen and oxygen atoms in total. The maximum Gasteiger partial charge on any atom is 0.00705 e. The van der Waals surface area contributed by atoms with E-state index in [-0.39, 0.29) is 0 Å². The summed E-state index contributed by atoms with van der Waals surface area (Å²) in [6.45, 7) is 19.6. The molecule has 0 amide bonds. The molecule has 0 aliphatic heterocycles. The van der Waals surface area contributed by atoms with Gasteiger partial charge in [0.05, 0.1) is 0 Å². The van der Waals surface area contributed by atoms with E-state index in [0.29, 0.717) is 11.8 Å². The fourth-order valence-electron chi connectivity index (χ4n) is 3.18. The van der Waals surface area contributed by atoms with Gasteiger partial charge in [-0.3, -0.25) is 0 Å². The van der Waals surface area contributed by atoms with Gasteiger partial charge in [0.15, 0.2) is 0 Å². The summed E-state index contributed by atoms with van der Waals surface area (Å²) in [5, 5.41) is 3.21. The van der Waals surface area contributed by atoms with E-state index in [4.69, 9.17) is 0 Å². The molecule has 0 aromatic heterocycles. The molecular weight excluding hydrogens is 278 g/mol. The Morgan fingerprint density at radius 1 is 1.30 bits per heavy atom. The van der Waals surface area contributed by atoms with Crippen LogP contribution in [0.15, 0.2) is 59.5 Å². The van der Waals surface area contributed by atoms with Gasteiger partial charge in [0.2, 0.25) is 0 Å². The van der Waals surface area contributed by atoms with Crippen LogP contribution in [-0.4, -0.2) is 0 Å². The summed E-state index contributed by atoms with van der Waals surface area (Å²) < 4.78 is 0. The Kier molecular flexibility index (Phi) is 8.16. The summed E-state index contributed by atoms with van der Waals surface area (Å²) in [7, 11) is 0. The minimum atomic E-state index is 0.610. The Balaban J connectivity index is 2.61. The zero-order valence-corrected chi connectivity index (χ0v) is 15.8. The first-order valence-electron chi connectivity index (χ1n) is 9.09. The van der Waals surface area contributed by atoms with Crippen LogP contribution in [0.5, 0.6) is 0 Å². The summed E-state index contributed by atoms with van der Waals surface area (Å²) in [5.41, 5.74) is 6.86. The fraction of sp³-hybridized carbons (Fsp3) is 0.545. The van der Waals surface area contributed by atoms with Crippen molar-refractivity contribution in [1.82, 2.24) is 5.32 Å². The van der Waals surface area contributed by atoms with Crippen LogP contribution in [0.1, 0.15) is 66.7 Å². The summed E-state index contributed by atoms with van der Waals surface area (Å²) >= 11 is 0. The molecule has 0 fully saturated rings. The van der Waals surface area contributed by atoms with Crippen molar-refractivity contribution >= 4 is 0 Å². The van der Waals surface area contributed by atoms with Gasteiger partial charge >= 0.3 is 0 Å². The van der Waals surface area contributed by atoms with Gasteiger partial charge in [-0.25, -0.2) is 0 Å². The molecule has 0 aromatic carbocycles. The second kappa shape index (κ2) is 9.60. The van der Waals surface area contributed by atoms with Gasteiger partial charge in [-0.1, -0.05) is 58.6 Å². The molecule has 1 aliphatic rings. The van der Waals surface area contributed by atoms with Gasteiger partial charge in [-0.15, -0.1) is 0 Å². The monoisotopic (exact) mass is 313 g/mol. The number of hydrogen-bond acceptors (Lipinski definition) is 1. The molecule has 0 radical (unpaired) electrons. The van der Waals surface area contributed by atoms with Crippen LogP contribution in [0.2, 0.25) is 0 Å². The average molecular weight is 314 g/mol. The van der Waals surface area contributed by atoms with E-state index in [2.05, 4.69) is 65.2 Å². The number of hydrogen-bond donors (Lipinski definition) is 1. The third kappa shape index (κ3) is 5.89. The zero-order chi connectivity index (χ0) is 17.4. The van der Waals surface area contributed by atoms with Gasteiger partial charge in [0.25, 0.3) is 0 Å². The highest BCUT2D eigenvalue weighted by Gasteiger charge is 2.20. The van der Waals surface area contributed by atoms with Gasteiger partial charge in [-0.05, 0) is 73.8 Å². The molecule has 1 N–H and O–H groups in total. The highest BCUT2D eigenvalue weighted by Crippen LogP contribution is 2.37. The third-order valence-electron chi connectivity index (χ3n) is 4.96. The predicted octanol–water partition coefficient (Wildman–Crippen LogP) is 6.68. The highest BCUT2D eigenvalue weighted by atomic mass is 14.8. The van der Waals surface area contributed by atoms with Crippen molar-refractivity contribution in [2.75, 3.05) is 0 Å². The lowest BCUT2D eigenvalue weighted by Gasteiger charge is -2.27. The molecule has 128 valence electrons. The maximum atomic E-state index is 4.35. The molecular formula is C22H35N. The molecule has 1 aliphatic carbocycles. The van der Waals surface area contributed by atoms with Crippen LogP contribution in [0.25, 0.3) is 0 Å². The van der Waals surface area contributed by atoms with E-state index in [1.807, 2.05) is 6.20 Å². The van der Waals surface area contributed by atoms with Crippen molar-refractivity contribution < 1.29 is 0 Å². The lowest BCUT2D eigenvalue weighted by atomic mass is 9.78. The van der Waals surface area contributed by atoms with Crippen LogP contribution in [-0.2, 0) is 0 Å². The van der Waals surface area contributed by atoms with Crippen molar-refractivity contribution in [2.45, 2.75) is 66.7 Å². The Morgan fingerprint density at radius 2 is 2.00 bits per heavy atom. The van der Waals surface area contributed by atoms with Crippen LogP contribution < -0.4 is 5.32 Å². The number of allylic oxidation sites excluding steroid dienone is 7. The lowest BCUT2D eigenvalue weighted by Crippen LogP contribution is -2.11. The first kappa shape index (κ1) is 19.5. The van der Waals surface area contributed by atoms with Crippen molar-refractivity contribution in [1.29, 1.82) is 0 Å². The average Bonchev–Trinajstić information content (AvgIpc) is 2.52. The summed E-state index contributed by atoms with van der Waals surface area (Å²) in [4.78, 5) is 0. The van der Waals surface area contributed by atoms with Crippen LogP contribution in [0, 0.1) is 11.8 Å². The van der Waals surface area contributed by atoms with Crippen LogP contribution >= 0.6 is 0 Å². The maximum absolute atomic E-state index is 4.35. The van der Waals surface area contributed by atoms with E-state index in [0.717, 1.165) is 25.0 Å². The first-order valence-corrected chi connectivity index (χ1v) is 9.09. The predicted molar refractivity (Wildman–Crippen MR) is 104 cm³/mol. The second-order valence-corrected chi connectivity index (χ2v) is 6.89. The van der Waals surface area contributed by atoms with Crippen molar-refractivity contribution in [3.63, 3.8) is 0 Å². The van der Waals surface area contributed by atoms with Gasteiger partial charge in [-0.2, -0.15) is 0 Å². The van der Waals surface area contributed by atoms with Crippen molar-refractivity contribution in [2.24, 2.45) is 11.8 Å². The molecule has 0 saturated carbocycles. The quantitative estimate of drug-likeness (QED) is 0.500. The molecule has 0 saturated heterocycles. The Labute approximate surface area is 143 Å². The third-order valence-corrected chi connectivity index (χ3v) is 4.96. The molecule has 1 rings (SSSR count). The fourth-order valence-corrected chi connectivity index (χ4v) is 3.18. The first-order chi connectivity index (χ1) is 10.9. The van der Waals surface area contributed by atoms with Crippen molar-refractivity contribution in [3.05, 3.63) is 59.5 Å². The number of nitrogens with one attached hydrogen (secondary N) is 1. The summed E-state index contributed by atoms with van der Waals surface area (Å²) in [6.07, 6.45) is 12.1. The molecule has 0 spiro atoms. The highest BCUT2D eigenvalue weighted by molar-refractivity contribution is 5.47. The summed E-state index contributed by atoms with van der Waals surface area (Å²) in [6, 6.07) is 0. The molecule has 1 heteroatoms. The van der Waals surface area contributed by atoms with Crippen molar-refractivity contribution in [3.8, 4) is 0 Å². The summed E-state index contributed by atoms with van der Waals surface area (Å²) in [5.74, 6) is 1.23. The molecule has 2 unspecified atom stereocenters. The van der Waals surface area contributed by atoms with E-state index in [9.17, 15) is 0 Å². The minimum Gasteiger partial charge on any atom is -0.366 e. The van der Waals surface area contributed by atoms with E-state index >= 15 is 0 Å². The van der Waals surface area contributed by atoms with Gasteiger partial charge in [0, 0.05) is 5.70 Å². The Morgan fingerprint density at radius 3 is 2.57 bits per heavy atom. The van der Waals surface area contributed by atoms with E-state index in [1.165, 1.54) is 29.6 Å². The largest absolute Gasteiger partial charge is 0.366 e. The van der Waals surface area contributed by atoms with Gasteiger partial charge in [0.1, 0.15) is 0 Å². The standard InChI is InChI=1S/C22H35N/c1-8-16(3)22-18(5)14-21(15-19(22)6)17(4)12-10-11-13-23-20(7)9-2/h11,13,15-17,23H,5,7-10,12,14H2,1-4,6H3/b13-11+. The molecule has 0 bridgehead atoms. The van der Waals surface area contributed by atoms with E-state index in [1.54, 1.807) is 5.57 Å². The molecule has 0 aromatic rings. The molecule has 2 atom stereocenters. The SMILES string of the molecule is C=C(CC)N/C=C/CCC(C)C1=CC(C)=C(C(C)CC)C(=C)C1. The smallest absolute Gasteiger partial charge is 0.00705 e. The molecule has 0 heterocycles. The van der Waals surface area contributed by atoms with E-state index < -0.39 is 0 Å². The minimum absolute atomic E-state index is 0.610. The Hall–Kier alpha value is -1.50. The van der Waals surface area contributed by atoms with Crippen LogP contribution in [0.4, 0.5) is 0 Å².